The molecule has 1 unspecified atom stereocenters. The molecule has 0 saturated carbocycles. The summed E-state index contributed by atoms with van der Waals surface area (Å²) in [7, 11) is -1.99. The molecule has 9 heteroatoms. The Bertz CT molecular complexity index is 1440. The van der Waals surface area contributed by atoms with Gasteiger partial charge in [-0.05, 0) is 49.8 Å². The molecular weight excluding hydrogens is 546 g/mol. The van der Waals surface area contributed by atoms with Gasteiger partial charge in [-0.3, -0.25) is 9.48 Å². The second-order valence-corrected chi connectivity index (χ2v) is 13.8. The third kappa shape index (κ3) is 7.24. The number of para-hydroxylation sites is 1. The molecule has 5 rings (SSSR count). The van der Waals surface area contributed by atoms with Crippen LogP contribution in [0.1, 0.15) is 68.2 Å². The van der Waals surface area contributed by atoms with Gasteiger partial charge in [0, 0.05) is 58.2 Å². The van der Waals surface area contributed by atoms with Crippen LogP contribution in [0.4, 0.5) is 5.69 Å². The van der Waals surface area contributed by atoms with Crippen LogP contribution in [0, 0.1) is 12.8 Å². The van der Waals surface area contributed by atoms with Crippen LogP contribution in [0.5, 0.6) is 0 Å². The van der Waals surface area contributed by atoms with Crippen LogP contribution in [0.2, 0.25) is 0 Å². The molecule has 3 aromatic rings. The van der Waals surface area contributed by atoms with Gasteiger partial charge in [-0.1, -0.05) is 74.2 Å². The highest BCUT2D eigenvalue weighted by Crippen LogP contribution is 2.29. The maximum atomic E-state index is 14.2. The third-order valence-corrected chi connectivity index (χ3v) is 10.6. The lowest BCUT2D eigenvalue weighted by atomic mass is 9.97. The van der Waals surface area contributed by atoms with Gasteiger partial charge in [0.1, 0.15) is 4.90 Å². The van der Waals surface area contributed by atoms with Crippen molar-refractivity contribution in [2.75, 3.05) is 31.1 Å². The van der Waals surface area contributed by atoms with Crippen LogP contribution in [-0.2, 0) is 35.0 Å². The molecule has 42 heavy (non-hydrogen) atoms. The Balaban J connectivity index is 1.38. The van der Waals surface area contributed by atoms with Crippen molar-refractivity contribution in [3.63, 3.8) is 0 Å². The Hall–Kier alpha value is -3.17. The molecule has 8 nitrogen and oxygen atoms in total. The van der Waals surface area contributed by atoms with E-state index >= 15 is 0 Å². The van der Waals surface area contributed by atoms with Gasteiger partial charge >= 0.3 is 0 Å². The number of aryl methyl sites for hydroxylation is 2. The highest BCUT2D eigenvalue weighted by atomic mass is 32.2. The van der Waals surface area contributed by atoms with Crippen molar-refractivity contribution < 1.29 is 13.2 Å². The average molecular weight is 592 g/mol. The number of nitrogens with zero attached hydrogens (tertiary/aromatic N) is 5. The van der Waals surface area contributed by atoms with E-state index in [0.29, 0.717) is 38.2 Å². The van der Waals surface area contributed by atoms with E-state index in [1.165, 1.54) is 39.5 Å². The minimum atomic E-state index is -3.72. The van der Waals surface area contributed by atoms with Crippen molar-refractivity contribution in [2.24, 2.45) is 13.0 Å². The van der Waals surface area contributed by atoms with Gasteiger partial charge in [0.05, 0.1) is 11.6 Å². The van der Waals surface area contributed by atoms with E-state index in [2.05, 4.69) is 64.6 Å². The van der Waals surface area contributed by atoms with E-state index in [1.54, 1.807) is 20.2 Å². The molecule has 1 fully saturated rings. The molecule has 0 spiro atoms. The molecule has 2 aliphatic heterocycles. The standard InChI is InChI=1S/C33H45N5O3S/c1-27-32(26-35(2)34-27)42(40,41)38-22-14-18-30(25-38)33(39)37-21-13-6-4-3-5-12-20-36(23-28-15-8-7-9-16-28)31-19-11-10-17-29(31)24-37/h7-11,15-17,19,26,30H,3-6,12-14,18,20-25H2,1-2H3. The summed E-state index contributed by atoms with van der Waals surface area (Å²) < 4.78 is 30.1. The Labute approximate surface area is 251 Å². The fraction of sp³-hybridized carbons (Fsp3) is 0.515. The van der Waals surface area contributed by atoms with Crippen molar-refractivity contribution in [1.29, 1.82) is 0 Å². The largest absolute Gasteiger partial charge is 0.367 e. The first-order chi connectivity index (χ1) is 20.3. The molecule has 226 valence electrons. The first kappa shape index (κ1) is 30.3. The first-order valence-electron chi connectivity index (χ1n) is 15.5. The van der Waals surface area contributed by atoms with Gasteiger partial charge in [0.2, 0.25) is 15.9 Å². The summed E-state index contributed by atoms with van der Waals surface area (Å²) >= 11 is 0. The minimum Gasteiger partial charge on any atom is -0.367 e. The molecular formula is C33H45N5O3S. The monoisotopic (exact) mass is 591 g/mol. The van der Waals surface area contributed by atoms with Crippen molar-refractivity contribution >= 4 is 21.6 Å². The zero-order chi connectivity index (χ0) is 29.5. The fourth-order valence-corrected chi connectivity index (χ4v) is 8.14. The normalized spacial score (nSPS) is 19.8. The first-order valence-corrected chi connectivity index (χ1v) is 16.9. The van der Waals surface area contributed by atoms with Crippen LogP contribution >= 0.6 is 0 Å². The number of anilines is 1. The quantitative estimate of drug-likeness (QED) is 0.391. The Morgan fingerprint density at radius 2 is 1.57 bits per heavy atom. The maximum Gasteiger partial charge on any atom is 0.246 e. The van der Waals surface area contributed by atoms with E-state index in [1.807, 2.05) is 4.90 Å². The van der Waals surface area contributed by atoms with Gasteiger partial charge in [0.25, 0.3) is 0 Å². The van der Waals surface area contributed by atoms with Gasteiger partial charge in [-0.2, -0.15) is 9.40 Å². The molecule has 2 aliphatic rings. The number of aromatic nitrogens is 2. The summed E-state index contributed by atoms with van der Waals surface area (Å²) in [5.41, 5.74) is 4.09. The van der Waals surface area contributed by atoms with Crippen molar-refractivity contribution in [3.8, 4) is 0 Å². The van der Waals surface area contributed by atoms with Crippen molar-refractivity contribution in [2.45, 2.75) is 76.3 Å². The summed E-state index contributed by atoms with van der Waals surface area (Å²) in [4.78, 5) is 18.9. The topological polar surface area (TPSA) is 78.8 Å². The second-order valence-electron chi connectivity index (χ2n) is 11.9. The molecule has 0 bridgehead atoms. The summed E-state index contributed by atoms with van der Waals surface area (Å²) in [5, 5.41) is 4.24. The van der Waals surface area contributed by atoms with Gasteiger partial charge in [-0.25, -0.2) is 8.42 Å². The van der Waals surface area contributed by atoms with E-state index in [4.69, 9.17) is 0 Å². The number of hydrogen-bond donors (Lipinski definition) is 0. The molecule has 1 atom stereocenters. The summed E-state index contributed by atoms with van der Waals surface area (Å²) in [5.74, 6) is -0.286. The minimum absolute atomic E-state index is 0.0668. The van der Waals surface area contributed by atoms with Gasteiger partial charge in [-0.15, -0.1) is 0 Å². The average Bonchev–Trinajstić information content (AvgIpc) is 3.36. The zero-order valence-corrected chi connectivity index (χ0v) is 25.9. The molecule has 1 aromatic heterocycles. The highest BCUT2D eigenvalue weighted by molar-refractivity contribution is 7.89. The number of rotatable bonds is 5. The number of sulfonamides is 1. The Morgan fingerprint density at radius 1 is 0.881 bits per heavy atom. The van der Waals surface area contributed by atoms with Crippen LogP contribution in [0.3, 0.4) is 0 Å². The smallest absolute Gasteiger partial charge is 0.246 e. The third-order valence-electron chi connectivity index (χ3n) is 8.65. The Kier molecular flexibility index (Phi) is 10.0. The number of carbonyl (C=O) groups excluding carboxylic acids is 1. The number of piperidine rings is 1. The lowest BCUT2D eigenvalue weighted by molar-refractivity contribution is -0.137. The molecule has 0 aliphatic carbocycles. The lowest BCUT2D eigenvalue weighted by Crippen LogP contribution is -2.47. The predicted molar refractivity (Wildman–Crippen MR) is 166 cm³/mol. The summed E-state index contributed by atoms with van der Waals surface area (Å²) in [6.45, 7) is 5.39. The molecule has 1 amide bonds. The van der Waals surface area contributed by atoms with Crippen molar-refractivity contribution in [3.05, 3.63) is 77.6 Å². The van der Waals surface area contributed by atoms with Gasteiger partial charge in [0.15, 0.2) is 0 Å². The number of amides is 1. The van der Waals surface area contributed by atoms with E-state index < -0.39 is 10.0 Å². The van der Waals surface area contributed by atoms with Crippen LogP contribution in [0.25, 0.3) is 0 Å². The van der Waals surface area contributed by atoms with E-state index in [0.717, 1.165) is 37.9 Å². The predicted octanol–water partition coefficient (Wildman–Crippen LogP) is 5.52. The highest BCUT2D eigenvalue weighted by Gasteiger charge is 2.36. The van der Waals surface area contributed by atoms with Crippen LogP contribution < -0.4 is 4.90 Å². The van der Waals surface area contributed by atoms with E-state index in [9.17, 15) is 13.2 Å². The summed E-state index contributed by atoms with van der Waals surface area (Å²) in [6, 6.07) is 19.1. The number of hydrogen-bond acceptors (Lipinski definition) is 5. The maximum absolute atomic E-state index is 14.2. The fourth-order valence-electron chi connectivity index (χ4n) is 6.42. The lowest BCUT2D eigenvalue weighted by Gasteiger charge is -2.35. The SMILES string of the molecule is Cc1nn(C)cc1S(=O)(=O)N1CCCC(C(=O)N2CCCCCCCCN(Cc3ccccc3)c3ccccc3C2)C1. The summed E-state index contributed by atoms with van der Waals surface area (Å²) in [6.07, 6.45) is 9.74. The van der Waals surface area contributed by atoms with Crippen LogP contribution in [0.15, 0.2) is 65.7 Å². The van der Waals surface area contributed by atoms with E-state index in [-0.39, 0.29) is 23.3 Å². The molecule has 3 heterocycles. The van der Waals surface area contributed by atoms with Crippen molar-refractivity contribution in [1.82, 2.24) is 19.0 Å². The molecule has 0 radical (unpaired) electrons. The second kappa shape index (κ2) is 13.9. The molecule has 1 saturated heterocycles. The number of fused-ring (bicyclic) bond motifs is 1. The van der Waals surface area contributed by atoms with Gasteiger partial charge < -0.3 is 9.80 Å². The molecule has 0 N–H and O–H groups in total. The number of benzene rings is 2. The number of carbonyl (C=O) groups is 1. The zero-order valence-electron chi connectivity index (χ0n) is 25.1. The van der Waals surface area contributed by atoms with Crippen LogP contribution in [-0.4, -0.2) is 59.5 Å². The molecule has 2 aromatic carbocycles. The Morgan fingerprint density at radius 3 is 2.31 bits per heavy atom.